The van der Waals surface area contributed by atoms with E-state index in [1.54, 1.807) is 19.1 Å². The summed E-state index contributed by atoms with van der Waals surface area (Å²) in [6, 6.07) is 16.3. The molecular formula is C30H30FN3O5S. The van der Waals surface area contributed by atoms with E-state index in [9.17, 15) is 23.6 Å². The number of carbonyl (C=O) groups is 4. The van der Waals surface area contributed by atoms with Crippen molar-refractivity contribution in [1.29, 1.82) is 0 Å². The van der Waals surface area contributed by atoms with Crippen LogP contribution in [0.3, 0.4) is 0 Å². The first-order valence-electron chi connectivity index (χ1n) is 13.1. The first-order chi connectivity index (χ1) is 19.2. The van der Waals surface area contributed by atoms with Crippen molar-refractivity contribution in [2.75, 3.05) is 13.2 Å². The molecule has 0 bridgehead atoms. The minimum atomic E-state index is -1.09. The molecule has 0 aliphatic carbocycles. The summed E-state index contributed by atoms with van der Waals surface area (Å²) in [5.41, 5.74) is 0.969. The third-order valence-corrected chi connectivity index (χ3v) is 7.23. The molecule has 0 unspecified atom stereocenters. The number of halogens is 1. The summed E-state index contributed by atoms with van der Waals surface area (Å²) in [6.45, 7) is 2.23. The van der Waals surface area contributed by atoms with Gasteiger partial charge < -0.3 is 20.7 Å². The van der Waals surface area contributed by atoms with Crippen LogP contribution < -0.4 is 16.0 Å². The van der Waals surface area contributed by atoms with Gasteiger partial charge in [-0.2, -0.15) is 0 Å². The predicted octanol–water partition coefficient (Wildman–Crippen LogP) is 3.26. The topological polar surface area (TPSA) is 114 Å². The quantitative estimate of drug-likeness (QED) is 0.244. The number of fused-ring (bicyclic) bond motifs is 1. The fourth-order valence-corrected chi connectivity index (χ4v) is 4.85. The largest absolute Gasteiger partial charge is 0.462 e. The number of amides is 3. The molecule has 3 aromatic rings. The molecular weight excluding hydrogens is 533 g/mol. The lowest BCUT2D eigenvalue weighted by Crippen LogP contribution is -2.54. The van der Waals surface area contributed by atoms with Crippen molar-refractivity contribution in [1.82, 2.24) is 16.0 Å². The maximum Gasteiger partial charge on any atom is 0.347 e. The van der Waals surface area contributed by atoms with Gasteiger partial charge in [0.05, 0.1) is 12.6 Å². The SMILES string of the molecule is CCOC(=O)C(=S)[C@H](C[C@@H]1CCNC1=O)NC(=O)[C@H](Cc1ccc(F)cc1)NC(=O)c1ccc2ccccc2c1. The zero-order chi connectivity index (χ0) is 28.6. The highest BCUT2D eigenvalue weighted by atomic mass is 32.1. The molecule has 0 saturated carbocycles. The summed E-state index contributed by atoms with van der Waals surface area (Å²) in [5.74, 6) is -2.89. The van der Waals surface area contributed by atoms with Crippen LogP contribution >= 0.6 is 12.2 Å². The molecule has 0 radical (unpaired) electrons. The number of nitrogens with one attached hydrogen (secondary N) is 3. The van der Waals surface area contributed by atoms with E-state index >= 15 is 0 Å². The van der Waals surface area contributed by atoms with Crippen molar-refractivity contribution >= 4 is 51.5 Å². The third kappa shape index (κ3) is 7.26. The molecule has 3 atom stereocenters. The fraction of sp³-hybridized carbons (Fsp3) is 0.300. The Kier molecular flexibility index (Phi) is 9.55. The number of hydrogen-bond donors (Lipinski definition) is 3. The lowest BCUT2D eigenvalue weighted by atomic mass is 9.95. The average molecular weight is 564 g/mol. The Morgan fingerprint density at radius 1 is 1.02 bits per heavy atom. The molecule has 3 aromatic carbocycles. The molecule has 208 valence electrons. The van der Waals surface area contributed by atoms with Gasteiger partial charge in [-0.05, 0) is 60.4 Å². The standard InChI is InChI=1S/C30H30FN3O5S/c1-2-39-30(38)26(40)24(17-22-13-14-32-27(22)35)33-29(37)25(15-18-7-11-23(31)12-8-18)34-28(36)21-10-9-19-5-3-4-6-20(19)16-21/h3-12,16,22,24-25H,2,13-15,17H2,1H3,(H,32,35)(H,33,37)(H,34,36)/t22-,24-,25-/m0/s1. The number of thiocarbonyl (C=S) groups is 1. The van der Waals surface area contributed by atoms with E-state index in [1.807, 2.05) is 30.3 Å². The molecule has 10 heteroatoms. The van der Waals surface area contributed by atoms with Gasteiger partial charge >= 0.3 is 5.97 Å². The van der Waals surface area contributed by atoms with E-state index < -0.39 is 41.6 Å². The van der Waals surface area contributed by atoms with Crippen molar-refractivity contribution < 1.29 is 28.3 Å². The molecule has 1 fully saturated rings. The van der Waals surface area contributed by atoms with Crippen molar-refractivity contribution in [3.8, 4) is 0 Å². The van der Waals surface area contributed by atoms with Crippen LogP contribution in [0.4, 0.5) is 4.39 Å². The predicted molar refractivity (Wildman–Crippen MR) is 152 cm³/mol. The van der Waals surface area contributed by atoms with Gasteiger partial charge in [0.15, 0.2) is 0 Å². The van der Waals surface area contributed by atoms with Crippen molar-refractivity contribution in [3.63, 3.8) is 0 Å². The monoisotopic (exact) mass is 563 g/mol. The molecule has 40 heavy (non-hydrogen) atoms. The number of benzene rings is 3. The van der Waals surface area contributed by atoms with Gasteiger partial charge in [0, 0.05) is 24.4 Å². The Balaban J connectivity index is 1.58. The summed E-state index contributed by atoms with van der Waals surface area (Å²) in [4.78, 5) is 51.5. The second kappa shape index (κ2) is 13.3. The number of esters is 1. The molecule has 1 aliphatic heterocycles. The van der Waals surface area contributed by atoms with Crippen LogP contribution in [0, 0.1) is 11.7 Å². The maximum absolute atomic E-state index is 13.6. The average Bonchev–Trinajstić information content (AvgIpc) is 3.36. The zero-order valence-electron chi connectivity index (χ0n) is 21.9. The van der Waals surface area contributed by atoms with Gasteiger partial charge in [0.25, 0.3) is 5.91 Å². The van der Waals surface area contributed by atoms with Crippen molar-refractivity contribution in [3.05, 3.63) is 83.7 Å². The Labute approximate surface area is 236 Å². The first-order valence-corrected chi connectivity index (χ1v) is 13.5. The molecule has 4 rings (SSSR count). The van der Waals surface area contributed by atoms with Crippen LogP contribution in [0.5, 0.6) is 0 Å². The van der Waals surface area contributed by atoms with E-state index in [1.165, 1.54) is 24.3 Å². The van der Waals surface area contributed by atoms with E-state index in [-0.39, 0.29) is 30.2 Å². The lowest BCUT2D eigenvalue weighted by molar-refractivity contribution is -0.135. The smallest absolute Gasteiger partial charge is 0.347 e. The van der Waals surface area contributed by atoms with Gasteiger partial charge in [0.1, 0.15) is 16.7 Å². The normalized spacial score (nSPS) is 16.1. The Bertz CT molecular complexity index is 1430. The highest BCUT2D eigenvalue weighted by Crippen LogP contribution is 2.19. The second-order valence-corrected chi connectivity index (χ2v) is 10.0. The summed E-state index contributed by atoms with van der Waals surface area (Å²) >= 11 is 5.35. The summed E-state index contributed by atoms with van der Waals surface area (Å²) < 4.78 is 18.6. The van der Waals surface area contributed by atoms with E-state index in [4.69, 9.17) is 17.0 Å². The Morgan fingerprint density at radius 3 is 2.42 bits per heavy atom. The van der Waals surface area contributed by atoms with Gasteiger partial charge in [-0.25, -0.2) is 9.18 Å². The van der Waals surface area contributed by atoms with Gasteiger partial charge in [0.2, 0.25) is 11.8 Å². The van der Waals surface area contributed by atoms with Gasteiger partial charge in [-0.3, -0.25) is 14.4 Å². The third-order valence-electron chi connectivity index (χ3n) is 6.78. The maximum atomic E-state index is 13.6. The number of hydrogen-bond acceptors (Lipinski definition) is 6. The second-order valence-electron chi connectivity index (χ2n) is 9.58. The van der Waals surface area contributed by atoms with Crippen molar-refractivity contribution in [2.45, 2.75) is 38.3 Å². The van der Waals surface area contributed by atoms with Crippen LogP contribution in [-0.2, 0) is 25.5 Å². The van der Waals surface area contributed by atoms with Crippen LogP contribution in [-0.4, -0.2) is 53.8 Å². The summed E-state index contributed by atoms with van der Waals surface area (Å²) in [5, 5.41) is 10.1. The van der Waals surface area contributed by atoms with Crippen LogP contribution in [0.2, 0.25) is 0 Å². The van der Waals surface area contributed by atoms with Crippen molar-refractivity contribution in [2.24, 2.45) is 5.92 Å². The molecule has 3 amide bonds. The zero-order valence-corrected chi connectivity index (χ0v) is 22.8. The van der Waals surface area contributed by atoms with Gasteiger partial charge in [-0.15, -0.1) is 0 Å². The lowest BCUT2D eigenvalue weighted by Gasteiger charge is -2.25. The van der Waals surface area contributed by atoms with Crippen LogP contribution in [0.25, 0.3) is 10.8 Å². The molecule has 1 heterocycles. The number of rotatable bonds is 11. The minimum Gasteiger partial charge on any atom is -0.462 e. The van der Waals surface area contributed by atoms with E-state index in [0.717, 1.165) is 10.8 Å². The Hall–Kier alpha value is -4.18. The Morgan fingerprint density at radius 2 is 1.75 bits per heavy atom. The van der Waals surface area contributed by atoms with Crippen LogP contribution in [0.1, 0.15) is 35.7 Å². The van der Waals surface area contributed by atoms with E-state index in [2.05, 4.69) is 16.0 Å². The van der Waals surface area contributed by atoms with Crippen LogP contribution in [0.15, 0.2) is 66.7 Å². The number of carbonyl (C=O) groups excluding carboxylic acids is 4. The van der Waals surface area contributed by atoms with Gasteiger partial charge in [-0.1, -0.05) is 54.7 Å². The highest BCUT2D eigenvalue weighted by molar-refractivity contribution is 7.82. The summed E-state index contributed by atoms with van der Waals surface area (Å²) in [7, 11) is 0. The summed E-state index contributed by atoms with van der Waals surface area (Å²) in [6.07, 6.45) is 0.694. The molecule has 0 aromatic heterocycles. The molecule has 8 nitrogen and oxygen atoms in total. The minimum absolute atomic E-state index is 0.0498. The first kappa shape index (κ1) is 28.8. The molecule has 1 saturated heterocycles. The van der Waals surface area contributed by atoms with E-state index in [0.29, 0.717) is 24.1 Å². The number of ether oxygens (including phenoxy) is 1. The molecule has 0 spiro atoms. The molecule has 3 N–H and O–H groups in total. The fourth-order valence-electron chi connectivity index (χ4n) is 4.64. The highest BCUT2D eigenvalue weighted by Gasteiger charge is 2.34. The molecule has 1 aliphatic rings.